The smallest absolute Gasteiger partial charge is 0.388 e. The Kier molecular flexibility index (Phi) is 5.62. The van der Waals surface area contributed by atoms with Crippen molar-refractivity contribution in [1.29, 1.82) is 0 Å². The normalized spacial score (nSPS) is 11.4. The predicted octanol–water partition coefficient (Wildman–Crippen LogP) is 4.52. The van der Waals surface area contributed by atoms with Gasteiger partial charge in [0, 0.05) is 16.0 Å². The van der Waals surface area contributed by atoms with Crippen LogP contribution in [0.4, 0.5) is 0 Å². The molecular formula is C18H18NO6PS. The van der Waals surface area contributed by atoms with Gasteiger partial charge in [0.25, 0.3) is 0 Å². The Morgan fingerprint density at radius 1 is 1.07 bits per heavy atom. The van der Waals surface area contributed by atoms with Crippen LogP contribution in [0.15, 0.2) is 52.1 Å². The molecule has 3 rings (SSSR count). The SMILES string of the molecule is COc1cc(-c2nocc2-c2ccc(SP(=O)(O)O)cc2)cc(C)c1OC. The summed E-state index contributed by atoms with van der Waals surface area (Å²) in [5.74, 6) is 1.25. The van der Waals surface area contributed by atoms with Crippen LogP contribution in [0, 0.1) is 6.92 Å². The van der Waals surface area contributed by atoms with Crippen LogP contribution in [0.2, 0.25) is 0 Å². The van der Waals surface area contributed by atoms with Crippen molar-refractivity contribution in [2.45, 2.75) is 11.8 Å². The van der Waals surface area contributed by atoms with Crippen LogP contribution in [-0.2, 0) is 4.57 Å². The molecule has 0 spiro atoms. The van der Waals surface area contributed by atoms with E-state index in [0.29, 0.717) is 33.5 Å². The van der Waals surface area contributed by atoms with Crippen molar-refractivity contribution in [2.24, 2.45) is 0 Å². The molecule has 0 fully saturated rings. The number of benzene rings is 2. The molecule has 0 unspecified atom stereocenters. The van der Waals surface area contributed by atoms with E-state index in [0.717, 1.165) is 22.3 Å². The highest BCUT2D eigenvalue weighted by molar-refractivity contribution is 8.54. The lowest BCUT2D eigenvalue weighted by atomic mass is 10.00. The van der Waals surface area contributed by atoms with E-state index in [9.17, 15) is 4.57 Å². The Hall–Kier alpha value is -2.25. The molecule has 0 bridgehead atoms. The molecule has 0 aliphatic carbocycles. The first kappa shape index (κ1) is 19.5. The maximum atomic E-state index is 11.1. The van der Waals surface area contributed by atoms with Crippen molar-refractivity contribution in [1.82, 2.24) is 5.16 Å². The first-order valence-electron chi connectivity index (χ1n) is 7.85. The minimum absolute atomic E-state index is 0.479. The van der Waals surface area contributed by atoms with Gasteiger partial charge in [-0.1, -0.05) is 17.3 Å². The maximum Gasteiger partial charge on any atom is 0.388 e. The van der Waals surface area contributed by atoms with E-state index in [1.54, 1.807) is 38.5 Å². The van der Waals surface area contributed by atoms with Crippen molar-refractivity contribution < 1.29 is 28.3 Å². The van der Waals surface area contributed by atoms with Crippen molar-refractivity contribution in [3.63, 3.8) is 0 Å². The summed E-state index contributed by atoms with van der Waals surface area (Å²) in [4.78, 5) is 18.6. The van der Waals surface area contributed by atoms with Crippen molar-refractivity contribution in [3.8, 4) is 33.9 Å². The molecule has 0 aliphatic heterocycles. The molecule has 0 amide bonds. The van der Waals surface area contributed by atoms with Crippen LogP contribution in [0.1, 0.15) is 5.56 Å². The second kappa shape index (κ2) is 7.78. The fourth-order valence-corrected chi connectivity index (χ4v) is 4.50. The van der Waals surface area contributed by atoms with Gasteiger partial charge in [0.05, 0.1) is 14.2 Å². The first-order valence-corrected chi connectivity index (χ1v) is 10.9. The van der Waals surface area contributed by atoms with Crippen LogP contribution in [0.25, 0.3) is 22.4 Å². The number of ether oxygens (including phenoxy) is 2. The van der Waals surface area contributed by atoms with Gasteiger partial charge in [-0.05, 0) is 53.7 Å². The molecule has 0 saturated heterocycles. The topological polar surface area (TPSA) is 102 Å². The number of hydrogen-bond donors (Lipinski definition) is 2. The minimum atomic E-state index is -4.18. The fraction of sp³-hybridized carbons (Fsp3) is 0.167. The second-order valence-electron chi connectivity index (χ2n) is 5.71. The molecule has 1 aromatic heterocycles. The molecule has 0 radical (unpaired) electrons. The lowest BCUT2D eigenvalue weighted by Gasteiger charge is -2.12. The lowest BCUT2D eigenvalue weighted by molar-refractivity contribution is 0.353. The van der Waals surface area contributed by atoms with Gasteiger partial charge in [-0.3, -0.25) is 0 Å². The molecule has 142 valence electrons. The van der Waals surface area contributed by atoms with Gasteiger partial charge < -0.3 is 23.8 Å². The van der Waals surface area contributed by atoms with Gasteiger partial charge in [0.1, 0.15) is 12.0 Å². The van der Waals surface area contributed by atoms with Gasteiger partial charge in [0.2, 0.25) is 0 Å². The Balaban J connectivity index is 2.00. The van der Waals surface area contributed by atoms with Crippen molar-refractivity contribution in [3.05, 3.63) is 48.2 Å². The minimum Gasteiger partial charge on any atom is -0.493 e. The quantitative estimate of drug-likeness (QED) is 0.575. The van der Waals surface area contributed by atoms with Crippen LogP contribution >= 0.6 is 18.2 Å². The third-order valence-electron chi connectivity index (χ3n) is 3.90. The molecule has 27 heavy (non-hydrogen) atoms. The summed E-state index contributed by atoms with van der Waals surface area (Å²) in [5.41, 5.74) is 3.91. The molecule has 1 heterocycles. The molecule has 0 aliphatic rings. The van der Waals surface area contributed by atoms with Crippen molar-refractivity contribution in [2.75, 3.05) is 14.2 Å². The van der Waals surface area contributed by atoms with E-state index in [4.69, 9.17) is 23.8 Å². The maximum absolute atomic E-state index is 11.1. The Bertz CT molecular complexity index is 996. The number of aryl methyl sites for hydroxylation is 1. The summed E-state index contributed by atoms with van der Waals surface area (Å²) in [5, 5.41) is 4.12. The third kappa shape index (κ3) is 4.36. The molecule has 2 N–H and O–H groups in total. The first-order chi connectivity index (χ1) is 12.8. The van der Waals surface area contributed by atoms with Gasteiger partial charge in [-0.15, -0.1) is 0 Å². The molecule has 3 aromatic rings. The van der Waals surface area contributed by atoms with Crippen molar-refractivity contribution >= 4 is 18.2 Å². The van der Waals surface area contributed by atoms with Gasteiger partial charge in [-0.2, -0.15) is 0 Å². The van der Waals surface area contributed by atoms with Crippen LogP contribution in [0.3, 0.4) is 0 Å². The van der Waals surface area contributed by atoms with E-state index >= 15 is 0 Å². The summed E-state index contributed by atoms with van der Waals surface area (Å²) in [7, 11) is 3.16. The summed E-state index contributed by atoms with van der Waals surface area (Å²) >= 11 is 0.515. The van der Waals surface area contributed by atoms with Gasteiger partial charge in [-0.25, -0.2) is 4.57 Å². The number of methoxy groups -OCH3 is 2. The second-order valence-corrected chi connectivity index (χ2v) is 9.32. The number of hydrogen-bond acceptors (Lipinski definition) is 6. The average molecular weight is 407 g/mol. The summed E-state index contributed by atoms with van der Waals surface area (Å²) in [6.07, 6.45) is 1.53. The number of rotatable bonds is 6. The molecular weight excluding hydrogens is 389 g/mol. The standard InChI is InChI=1S/C18H18NO6PS/c1-11-8-13(9-16(23-2)18(11)24-3)17-15(10-25-19-17)12-4-6-14(7-5-12)27-26(20,21)22/h4-10H,1-3H3,(H2,20,21,22). The fourth-order valence-electron chi connectivity index (χ4n) is 2.77. The highest BCUT2D eigenvalue weighted by Crippen LogP contribution is 2.54. The van der Waals surface area contributed by atoms with Gasteiger partial charge in [0.15, 0.2) is 11.5 Å². The zero-order valence-electron chi connectivity index (χ0n) is 14.9. The van der Waals surface area contributed by atoms with Crippen LogP contribution < -0.4 is 9.47 Å². The van der Waals surface area contributed by atoms with E-state index in [-0.39, 0.29) is 0 Å². The Labute approximate surface area is 160 Å². The molecule has 7 nitrogen and oxygen atoms in total. The van der Waals surface area contributed by atoms with E-state index < -0.39 is 6.80 Å². The van der Waals surface area contributed by atoms with Crippen LogP contribution in [-0.4, -0.2) is 29.2 Å². The van der Waals surface area contributed by atoms with E-state index in [1.165, 1.54) is 6.26 Å². The average Bonchev–Trinajstić information content (AvgIpc) is 3.10. The third-order valence-corrected chi connectivity index (χ3v) is 5.96. The summed E-state index contributed by atoms with van der Waals surface area (Å²) in [6.45, 7) is -2.27. The summed E-state index contributed by atoms with van der Waals surface area (Å²) in [6, 6.07) is 10.6. The largest absolute Gasteiger partial charge is 0.493 e. The van der Waals surface area contributed by atoms with E-state index in [1.807, 2.05) is 19.1 Å². The highest BCUT2D eigenvalue weighted by Gasteiger charge is 2.18. The lowest BCUT2D eigenvalue weighted by Crippen LogP contribution is -1.94. The molecule has 0 saturated carbocycles. The molecule has 0 atom stereocenters. The number of nitrogens with zero attached hydrogens (tertiary/aromatic N) is 1. The zero-order valence-corrected chi connectivity index (χ0v) is 16.6. The van der Waals surface area contributed by atoms with Gasteiger partial charge >= 0.3 is 6.80 Å². The Morgan fingerprint density at radius 3 is 2.37 bits per heavy atom. The zero-order chi connectivity index (χ0) is 19.6. The van der Waals surface area contributed by atoms with Crippen LogP contribution in [0.5, 0.6) is 11.5 Å². The highest BCUT2D eigenvalue weighted by atomic mass is 32.7. The summed E-state index contributed by atoms with van der Waals surface area (Å²) < 4.78 is 27.1. The Morgan fingerprint density at radius 2 is 1.78 bits per heavy atom. The number of aromatic nitrogens is 1. The van der Waals surface area contributed by atoms with E-state index in [2.05, 4.69) is 5.16 Å². The monoisotopic (exact) mass is 407 g/mol. The molecule has 2 aromatic carbocycles. The predicted molar refractivity (Wildman–Crippen MR) is 103 cm³/mol. The molecule has 9 heteroatoms.